The van der Waals surface area contributed by atoms with E-state index in [2.05, 4.69) is 4.72 Å². The van der Waals surface area contributed by atoms with Gasteiger partial charge >= 0.3 is 0 Å². The molecule has 2 aromatic carbocycles. The van der Waals surface area contributed by atoms with Crippen LogP contribution in [0.4, 0.5) is 10.1 Å². The average Bonchev–Trinajstić information content (AvgIpc) is 2.45. The summed E-state index contributed by atoms with van der Waals surface area (Å²) in [7, 11) is -3.87. The summed E-state index contributed by atoms with van der Waals surface area (Å²) in [5.74, 6) is -0.235. The lowest BCUT2D eigenvalue weighted by Crippen LogP contribution is -2.13. The molecule has 0 atom stereocenters. The minimum absolute atomic E-state index is 0.0404. The molecule has 0 saturated heterocycles. The van der Waals surface area contributed by atoms with Crippen molar-refractivity contribution in [2.45, 2.75) is 11.8 Å². The molecule has 8 heteroatoms. The van der Waals surface area contributed by atoms with Gasteiger partial charge in [-0.1, -0.05) is 23.2 Å². The second-order valence-electron chi connectivity index (χ2n) is 4.26. The predicted molar refractivity (Wildman–Crippen MR) is 84.8 cm³/mol. The van der Waals surface area contributed by atoms with E-state index < -0.39 is 15.8 Å². The van der Waals surface area contributed by atoms with E-state index in [0.717, 1.165) is 6.07 Å². The summed E-state index contributed by atoms with van der Waals surface area (Å²) in [5, 5.41) is 0.00629. The van der Waals surface area contributed by atoms with Gasteiger partial charge in [0.15, 0.2) is 0 Å². The predicted octanol–water partition coefficient (Wildman–Crippen LogP) is 4.33. The Labute approximate surface area is 137 Å². The van der Waals surface area contributed by atoms with Gasteiger partial charge in [0, 0.05) is 0 Å². The maximum absolute atomic E-state index is 13.1. The van der Waals surface area contributed by atoms with Crippen molar-refractivity contribution in [3.8, 4) is 5.75 Å². The van der Waals surface area contributed by atoms with Crippen molar-refractivity contribution >= 4 is 38.9 Å². The zero-order valence-electron chi connectivity index (χ0n) is 11.4. The summed E-state index contributed by atoms with van der Waals surface area (Å²) >= 11 is 11.6. The fourth-order valence-electron chi connectivity index (χ4n) is 1.69. The summed E-state index contributed by atoms with van der Waals surface area (Å²) < 4.78 is 45.2. The van der Waals surface area contributed by atoms with Crippen molar-refractivity contribution in [1.29, 1.82) is 0 Å². The highest BCUT2D eigenvalue weighted by Crippen LogP contribution is 2.28. The first-order valence-corrected chi connectivity index (χ1v) is 8.47. The monoisotopic (exact) mass is 363 g/mol. The van der Waals surface area contributed by atoms with E-state index in [1.807, 2.05) is 0 Å². The van der Waals surface area contributed by atoms with E-state index in [9.17, 15) is 12.8 Å². The summed E-state index contributed by atoms with van der Waals surface area (Å²) in [6.07, 6.45) is 0. The first-order valence-electron chi connectivity index (χ1n) is 6.23. The summed E-state index contributed by atoms with van der Waals surface area (Å²) in [6, 6.07) is 7.65. The molecule has 2 aromatic rings. The van der Waals surface area contributed by atoms with E-state index in [1.165, 1.54) is 30.3 Å². The fraction of sp³-hybridized carbons (Fsp3) is 0.143. The number of halogens is 3. The normalized spacial score (nSPS) is 11.3. The van der Waals surface area contributed by atoms with Crippen LogP contribution in [0.5, 0.6) is 5.75 Å². The van der Waals surface area contributed by atoms with Crippen molar-refractivity contribution in [3.63, 3.8) is 0 Å². The number of ether oxygens (including phenoxy) is 1. The largest absolute Gasteiger partial charge is 0.492 e. The molecule has 0 aliphatic rings. The van der Waals surface area contributed by atoms with Gasteiger partial charge in [0.2, 0.25) is 0 Å². The van der Waals surface area contributed by atoms with Gasteiger partial charge in [-0.15, -0.1) is 0 Å². The number of nitrogens with one attached hydrogen (secondary N) is 1. The minimum Gasteiger partial charge on any atom is -0.492 e. The van der Waals surface area contributed by atoms with E-state index in [4.69, 9.17) is 27.9 Å². The van der Waals surface area contributed by atoms with E-state index in [0.29, 0.717) is 12.4 Å². The third-order valence-corrected chi connectivity index (χ3v) is 4.65. The molecule has 1 N–H and O–H groups in total. The van der Waals surface area contributed by atoms with Crippen LogP contribution in [0, 0.1) is 5.82 Å². The van der Waals surface area contributed by atoms with Crippen molar-refractivity contribution < 1.29 is 17.5 Å². The Morgan fingerprint density at radius 2 is 1.86 bits per heavy atom. The minimum atomic E-state index is -3.87. The lowest BCUT2D eigenvalue weighted by Gasteiger charge is -2.11. The van der Waals surface area contributed by atoms with Crippen molar-refractivity contribution in [2.24, 2.45) is 0 Å². The molecule has 22 heavy (non-hydrogen) atoms. The number of hydrogen-bond acceptors (Lipinski definition) is 3. The van der Waals surface area contributed by atoms with Gasteiger partial charge < -0.3 is 4.74 Å². The molecule has 0 radical (unpaired) electrons. The molecule has 0 saturated carbocycles. The topological polar surface area (TPSA) is 55.4 Å². The Balaban J connectivity index is 2.30. The summed E-state index contributed by atoms with van der Waals surface area (Å²) in [6.45, 7) is 2.21. The van der Waals surface area contributed by atoms with Gasteiger partial charge in [-0.2, -0.15) is 0 Å². The van der Waals surface area contributed by atoms with Crippen LogP contribution in [0.2, 0.25) is 10.0 Å². The third kappa shape index (κ3) is 3.82. The molecule has 4 nitrogen and oxygen atoms in total. The van der Waals surface area contributed by atoms with E-state index >= 15 is 0 Å². The molecular formula is C14H12Cl2FNO3S. The maximum atomic E-state index is 13.1. The summed E-state index contributed by atoms with van der Waals surface area (Å²) in [5.41, 5.74) is 0.149. The Morgan fingerprint density at radius 1 is 1.14 bits per heavy atom. The number of hydrogen-bond donors (Lipinski definition) is 1. The van der Waals surface area contributed by atoms with Crippen LogP contribution >= 0.6 is 23.2 Å². The highest BCUT2D eigenvalue weighted by Gasteiger charge is 2.17. The first kappa shape index (κ1) is 16.9. The molecular weight excluding hydrogens is 352 g/mol. The molecule has 0 amide bonds. The van der Waals surface area contributed by atoms with Gasteiger partial charge in [-0.3, -0.25) is 4.72 Å². The van der Waals surface area contributed by atoms with Crippen LogP contribution < -0.4 is 9.46 Å². The quantitative estimate of drug-likeness (QED) is 0.859. The molecule has 118 valence electrons. The molecule has 0 heterocycles. The molecule has 0 unspecified atom stereocenters. The molecule has 2 rings (SSSR count). The maximum Gasteiger partial charge on any atom is 0.261 e. The molecule has 0 aliphatic carbocycles. The number of rotatable bonds is 5. The highest BCUT2D eigenvalue weighted by atomic mass is 35.5. The third-order valence-electron chi connectivity index (χ3n) is 2.69. The van der Waals surface area contributed by atoms with Crippen LogP contribution in [0.1, 0.15) is 6.92 Å². The fourth-order valence-corrected chi connectivity index (χ4v) is 3.25. The first-order chi connectivity index (χ1) is 10.3. The molecule has 0 spiro atoms. The standard InChI is InChI=1S/C14H12Cl2FNO3S/c1-2-21-14-6-4-10(8-12(14)16)22(19,20)18-9-3-5-13(17)11(15)7-9/h3-8,18H,2H2,1H3. The van der Waals surface area contributed by atoms with Crippen LogP contribution in [0.15, 0.2) is 41.3 Å². The SMILES string of the molecule is CCOc1ccc(S(=O)(=O)Nc2ccc(F)c(Cl)c2)cc1Cl. The van der Waals surface area contributed by atoms with Crippen molar-refractivity contribution in [3.05, 3.63) is 52.3 Å². The highest BCUT2D eigenvalue weighted by molar-refractivity contribution is 7.92. The number of sulfonamides is 1. The van der Waals surface area contributed by atoms with Crippen LogP contribution in [0.3, 0.4) is 0 Å². The van der Waals surface area contributed by atoms with Gasteiger partial charge in [0.25, 0.3) is 10.0 Å². The molecule has 0 bridgehead atoms. The Kier molecular flexibility index (Phi) is 5.16. The van der Waals surface area contributed by atoms with Gasteiger partial charge in [0.1, 0.15) is 11.6 Å². The lowest BCUT2D eigenvalue weighted by atomic mass is 10.3. The Hall–Kier alpha value is -1.50. The van der Waals surface area contributed by atoms with E-state index in [-0.39, 0.29) is 20.6 Å². The second kappa shape index (κ2) is 6.73. The molecule has 0 aliphatic heterocycles. The second-order valence-corrected chi connectivity index (χ2v) is 6.76. The van der Waals surface area contributed by atoms with Crippen molar-refractivity contribution in [1.82, 2.24) is 0 Å². The van der Waals surface area contributed by atoms with Crippen LogP contribution in [-0.2, 0) is 10.0 Å². The Bertz CT molecular complexity index is 797. The molecule has 0 fully saturated rings. The Morgan fingerprint density at radius 3 is 2.45 bits per heavy atom. The van der Waals surface area contributed by atoms with Gasteiger partial charge in [0.05, 0.1) is 27.2 Å². The number of benzene rings is 2. The van der Waals surface area contributed by atoms with Crippen LogP contribution in [-0.4, -0.2) is 15.0 Å². The van der Waals surface area contributed by atoms with Crippen LogP contribution in [0.25, 0.3) is 0 Å². The zero-order chi connectivity index (χ0) is 16.3. The van der Waals surface area contributed by atoms with E-state index in [1.54, 1.807) is 6.92 Å². The lowest BCUT2D eigenvalue weighted by molar-refractivity contribution is 0.340. The number of anilines is 1. The molecule has 0 aromatic heterocycles. The average molecular weight is 364 g/mol. The smallest absolute Gasteiger partial charge is 0.261 e. The summed E-state index contributed by atoms with van der Waals surface area (Å²) in [4.78, 5) is -0.0404. The van der Waals surface area contributed by atoms with Gasteiger partial charge in [-0.05, 0) is 43.3 Å². The van der Waals surface area contributed by atoms with Gasteiger partial charge in [-0.25, -0.2) is 12.8 Å². The van der Waals surface area contributed by atoms with Crippen molar-refractivity contribution in [2.75, 3.05) is 11.3 Å². The zero-order valence-corrected chi connectivity index (χ0v) is 13.8.